The van der Waals surface area contributed by atoms with E-state index in [1.807, 2.05) is 71.9 Å². The fourth-order valence-corrected chi connectivity index (χ4v) is 4.76. The maximum atomic E-state index is 14.8. The zero-order chi connectivity index (χ0) is 25.9. The third-order valence-electron chi connectivity index (χ3n) is 7.42. The molecule has 0 N–H and O–H groups in total. The smallest absolute Gasteiger partial charge is 0.441 e. The van der Waals surface area contributed by atoms with Crippen molar-refractivity contribution in [3.8, 4) is 11.1 Å². The molecule has 1 amide bonds. The van der Waals surface area contributed by atoms with Crippen LogP contribution in [0.2, 0.25) is 0 Å². The van der Waals surface area contributed by atoms with Gasteiger partial charge in [0.2, 0.25) is 5.95 Å². The van der Waals surface area contributed by atoms with Gasteiger partial charge in [-0.05, 0) is 70.9 Å². The lowest BCUT2D eigenvalue weighted by atomic mass is 9.79. The quantitative estimate of drug-likeness (QED) is 0.350. The van der Waals surface area contributed by atoms with Gasteiger partial charge in [0.25, 0.3) is 0 Å². The first-order valence-corrected chi connectivity index (χ1v) is 12.1. The summed E-state index contributed by atoms with van der Waals surface area (Å²) in [7, 11) is -0.644. The minimum absolute atomic E-state index is 0.304. The number of ether oxygens (including phenoxy) is 1. The lowest BCUT2D eigenvalue weighted by Gasteiger charge is -2.32. The summed E-state index contributed by atoms with van der Waals surface area (Å²) in [5, 5.41) is 0. The largest absolute Gasteiger partial charge is 0.496 e. The van der Waals surface area contributed by atoms with E-state index in [2.05, 4.69) is 4.98 Å². The lowest BCUT2D eigenvalue weighted by Crippen LogP contribution is -2.41. The van der Waals surface area contributed by atoms with Crippen molar-refractivity contribution in [1.82, 2.24) is 4.98 Å². The molecule has 2 fully saturated rings. The molecule has 0 spiro atoms. The molecular formula is C28H30BFN2O4. The van der Waals surface area contributed by atoms with Crippen molar-refractivity contribution < 1.29 is 23.2 Å². The molecule has 1 unspecified atom stereocenters. The van der Waals surface area contributed by atoms with Crippen molar-refractivity contribution in [3.63, 3.8) is 0 Å². The van der Waals surface area contributed by atoms with Gasteiger partial charge in [-0.3, -0.25) is 4.90 Å². The van der Waals surface area contributed by atoms with E-state index in [1.165, 1.54) is 6.20 Å². The van der Waals surface area contributed by atoms with Crippen LogP contribution in [0, 0.1) is 5.95 Å². The molecule has 8 heteroatoms. The average Bonchev–Trinajstić information content (AvgIpc) is 3.20. The predicted octanol–water partition coefficient (Wildman–Crippen LogP) is 5.66. The second-order valence-corrected chi connectivity index (χ2v) is 10.9. The number of pyridine rings is 1. The molecule has 2 aromatic carbocycles. The maximum Gasteiger partial charge on any atom is 0.496 e. The number of nitrogens with zero attached hydrogens (tertiary/aromatic N) is 2. The summed E-state index contributed by atoms with van der Waals surface area (Å²) in [5.74, 6) is -0.591. The summed E-state index contributed by atoms with van der Waals surface area (Å²) in [6.45, 7) is 11.7. The molecule has 3 heterocycles. The molecule has 186 valence electrons. The van der Waals surface area contributed by atoms with E-state index in [-0.39, 0.29) is 6.04 Å². The second kappa shape index (κ2) is 8.42. The molecule has 2 aliphatic heterocycles. The molecule has 0 bridgehead atoms. The van der Waals surface area contributed by atoms with E-state index in [0.29, 0.717) is 22.3 Å². The van der Waals surface area contributed by atoms with Crippen molar-refractivity contribution in [2.75, 3.05) is 4.90 Å². The molecular weight excluding hydrogens is 458 g/mol. The van der Waals surface area contributed by atoms with Crippen LogP contribution in [0.4, 0.5) is 14.9 Å². The highest BCUT2D eigenvalue weighted by molar-refractivity contribution is 6.62. The number of carbonyl (C=O) groups excluding carboxylic acids is 1. The Hall–Kier alpha value is -3.23. The van der Waals surface area contributed by atoms with Gasteiger partial charge in [-0.2, -0.15) is 4.39 Å². The highest BCUT2D eigenvalue weighted by atomic mass is 19.1. The molecule has 1 aromatic heterocycles. The molecule has 36 heavy (non-hydrogen) atoms. The zero-order valence-electron chi connectivity index (χ0n) is 21.4. The lowest BCUT2D eigenvalue weighted by molar-refractivity contribution is 0.00578. The van der Waals surface area contributed by atoms with Crippen LogP contribution in [0.3, 0.4) is 0 Å². The van der Waals surface area contributed by atoms with E-state index in [1.54, 1.807) is 35.2 Å². The number of benzene rings is 2. The van der Waals surface area contributed by atoms with Crippen LogP contribution < -0.4 is 10.4 Å². The van der Waals surface area contributed by atoms with Crippen LogP contribution in [0.15, 0.2) is 66.9 Å². The van der Waals surface area contributed by atoms with Crippen LogP contribution >= 0.6 is 0 Å². The third kappa shape index (κ3) is 4.08. The fourth-order valence-electron chi connectivity index (χ4n) is 4.76. The van der Waals surface area contributed by atoms with Crippen LogP contribution in [0.1, 0.15) is 53.1 Å². The van der Waals surface area contributed by atoms with Crippen LogP contribution in [-0.2, 0) is 14.0 Å². The number of cyclic esters (lactones) is 1. The molecule has 3 aromatic rings. The highest BCUT2D eigenvalue weighted by Gasteiger charge is 2.52. The highest BCUT2D eigenvalue weighted by Crippen LogP contribution is 2.44. The maximum absolute atomic E-state index is 14.8. The van der Waals surface area contributed by atoms with Crippen LogP contribution in [0.25, 0.3) is 11.1 Å². The Bertz CT molecular complexity index is 1280. The van der Waals surface area contributed by atoms with Gasteiger partial charge in [0.15, 0.2) is 0 Å². The number of carbonyl (C=O) groups is 1. The van der Waals surface area contributed by atoms with Gasteiger partial charge < -0.3 is 14.0 Å². The van der Waals surface area contributed by atoms with Gasteiger partial charge in [-0.25, -0.2) is 9.78 Å². The Morgan fingerprint density at radius 1 is 0.917 bits per heavy atom. The summed E-state index contributed by atoms with van der Waals surface area (Å²) in [6, 6.07) is 18.4. The minimum Gasteiger partial charge on any atom is -0.441 e. The van der Waals surface area contributed by atoms with Crippen molar-refractivity contribution in [1.29, 1.82) is 0 Å². The minimum atomic E-state index is -0.718. The number of rotatable bonds is 4. The summed E-state index contributed by atoms with van der Waals surface area (Å²) >= 11 is 0. The van der Waals surface area contributed by atoms with Gasteiger partial charge in [0.05, 0.1) is 11.2 Å². The Balaban J connectivity index is 1.46. The molecule has 5 rings (SSSR count). The number of halogens is 1. The van der Waals surface area contributed by atoms with Crippen molar-refractivity contribution in [2.45, 2.75) is 64.4 Å². The van der Waals surface area contributed by atoms with Gasteiger partial charge >= 0.3 is 13.2 Å². The Labute approximate surface area is 211 Å². The molecule has 0 saturated carbocycles. The Morgan fingerprint density at radius 2 is 1.53 bits per heavy atom. The van der Waals surface area contributed by atoms with Crippen LogP contribution in [-0.4, -0.2) is 35.0 Å². The van der Waals surface area contributed by atoms with Gasteiger partial charge in [-0.1, -0.05) is 42.5 Å². The van der Waals surface area contributed by atoms with E-state index in [4.69, 9.17) is 14.0 Å². The van der Waals surface area contributed by atoms with E-state index in [9.17, 15) is 9.18 Å². The van der Waals surface area contributed by atoms with E-state index >= 15 is 0 Å². The number of amides is 1. The van der Waals surface area contributed by atoms with Crippen molar-refractivity contribution in [3.05, 3.63) is 78.4 Å². The van der Waals surface area contributed by atoms with E-state index < -0.39 is 36.0 Å². The molecule has 1 atom stereocenters. The van der Waals surface area contributed by atoms with Crippen molar-refractivity contribution in [2.24, 2.45) is 0 Å². The number of hydrogen-bond acceptors (Lipinski definition) is 5. The fraction of sp³-hybridized carbons (Fsp3) is 0.357. The summed E-state index contributed by atoms with van der Waals surface area (Å²) in [4.78, 5) is 18.5. The molecule has 0 aliphatic carbocycles. The summed E-state index contributed by atoms with van der Waals surface area (Å²) < 4.78 is 32.7. The predicted molar refractivity (Wildman–Crippen MR) is 138 cm³/mol. The number of hydrogen-bond donors (Lipinski definition) is 0. The van der Waals surface area contributed by atoms with Gasteiger partial charge in [0.1, 0.15) is 11.6 Å². The standard InChI is InChI=1S/C28H30BFN2O4/c1-26(2)23(19-10-8-7-9-11-19)32(25(33)34-26)21-14-12-18(13-15-21)22-16-20(17-31-24(22)30)29-35-27(3,4)28(5,6)36-29/h7-17,23H,1-6H3. The molecule has 0 radical (unpaired) electrons. The summed E-state index contributed by atoms with van der Waals surface area (Å²) in [6.07, 6.45) is 1.03. The number of anilines is 1. The molecule has 2 saturated heterocycles. The van der Waals surface area contributed by atoms with Crippen LogP contribution in [0.5, 0.6) is 0 Å². The van der Waals surface area contributed by atoms with Gasteiger partial charge in [-0.15, -0.1) is 0 Å². The van der Waals surface area contributed by atoms with E-state index in [0.717, 1.165) is 5.56 Å². The third-order valence-corrected chi connectivity index (χ3v) is 7.42. The molecule has 6 nitrogen and oxygen atoms in total. The molecule has 2 aliphatic rings. The normalized spacial score (nSPS) is 22.1. The first kappa shape index (κ1) is 24.5. The topological polar surface area (TPSA) is 60.9 Å². The van der Waals surface area contributed by atoms with Gasteiger partial charge in [0, 0.05) is 22.9 Å². The zero-order valence-corrected chi connectivity index (χ0v) is 21.4. The number of aromatic nitrogens is 1. The van der Waals surface area contributed by atoms with Crippen molar-refractivity contribution >= 4 is 24.4 Å². The summed E-state index contributed by atoms with van der Waals surface area (Å²) in [5.41, 5.74) is 1.50. The first-order chi connectivity index (χ1) is 16.9. The second-order valence-electron chi connectivity index (χ2n) is 10.9. The Morgan fingerprint density at radius 3 is 2.14 bits per heavy atom. The average molecular weight is 488 g/mol. The Kier molecular flexibility index (Phi) is 5.72. The monoisotopic (exact) mass is 488 g/mol. The SMILES string of the molecule is CC1(C)OC(=O)N(c2ccc(-c3cc(B4OC(C)(C)C(C)(C)O4)cnc3F)cc2)C1c1ccccc1. The first-order valence-electron chi connectivity index (χ1n) is 12.1.